The van der Waals surface area contributed by atoms with Crippen molar-refractivity contribution in [3.63, 3.8) is 0 Å². The van der Waals surface area contributed by atoms with Gasteiger partial charge in [-0.2, -0.15) is 4.31 Å². The SMILES string of the molecule is C[C@@H](C(=O)NCc1ccccc1)N1CCCN(S(=O)(=O)c2ccc(F)cc2)CC1. The second kappa shape index (κ2) is 9.47. The summed E-state index contributed by atoms with van der Waals surface area (Å²) in [7, 11) is -3.68. The fourth-order valence-electron chi connectivity index (χ4n) is 3.40. The molecule has 1 fully saturated rings. The van der Waals surface area contributed by atoms with Crippen LogP contribution in [0.4, 0.5) is 4.39 Å². The number of nitrogens with one attached hydrogen (secondary N) is 1. The highest BCUT2D eigenvalue weighted by atomic mass is 32.2. The first kappa shape index (κ1) is 21.4. The van der Waals surface area contributed by atoms with Gasteiger partial charge in [0.05, 0.1) is 10.9 Å². The van der Waals surface area contributed by atoms with E-state index in [2.05, 4.69) is 5.32 Å². The summed E-state index contributed by atoms with van der Waals surface area (Å²) in [4.78, 5) is 14.6. The minimum absolute atomic E-state index is 0.0799. The summed E-state index contributed by atoms with van der Waals surface area (Å²) in [5.41, 5.74) is 1.03. The number of hydrogen-bond donors (Lipinski definition) is 1. The van der Waals surface area contributed by atoms with E-state index in [1.54, 1.807) is 0 Å². The quantitative estimate of drug-likeness (QED) is 0.780. The Hall–Kier alpha value is -2.29. The van der Waals surface area contributed by atoms with Crippen molar-refractivity contribution in [3.8, 4) is 0 Å². The van der Waals surface area contributed by atoms with Gasteiger partial charge in [0.15, 0.2) is 0 Å². The average molecular weight is 420 g/mol. The zero-order valence-corrected chi connectivity index (χ0v) is 17.2. The molecule has 0 saturated carbocycles. The van der Waals surface area contributed by atoms with Crippen LogP contribution in [0.2, 0.25) is 0 Å². The smallest absolute Gasteiger partial charge is 0.243 e. The average Bonchev–Trinajstić information content (AvgIpc) is 2.99. The summed E-state index contributed by atoms with van der Waals surface area (Å²) in [5, 5.41) is 2.94. The van der Waals surface area contributed by atoms with Crippen LogP contribution in [0, 0.1) is 5.82 Å². The number of benzene rings is 2. The second-order valence-electron chi connectivity index (χ2n) is 7.13. The lowest BCUT2D eigenvalue weighted by Crippen LogP contribution is -2.46. The largest absolute Gasteiger partial charge is 0.351 e. The molecule has 0 aliphatic carbocycles. The highest BCUT2D eigenvalue weighted by molar-refractivity contribution is 7.89. The lowest BCUT2D eigenvalue weighted by Gasteiger charge is -2.27. The zero-order chi connectivity index (χ0) is 20.9. The Labute approximate surface area is 171 Å². The summed E-state index contributed by atoms with van der Waals surface area (Å²) in [6, 6.07) is 14.2. The molecule has 0 bridgehead atoms. The predicted octanol–water partition coefficient (Wildman–Crippen LogP) is 2.23. The molecule has 0 unspecified atom stereocenters. The number of carbonyl (C=O) groups excluding carboxylic acids is 1. The van der Waals surface area contributed by atoms with Crippen LogP contribution in [0.25, 0.3) is 0 Å². The Bertz CT molecular complexity index is 920. The number of sulfonamides is 1. The molecule has 1 amide bonds. The van der Waals surface area contributed by atoms with Gasteiger partial charge in [-0.05, 0) is 43.2 Å². The van der Waals surface area contributed by atoms with E-state index in [0.717, 1.165) is 17.7 Å². The number of amides is 1. The van der Waals surface area contributed by atoms with Gasteiger partial charge >= 0.3 is 0 Å². The van der Waals surface area contributed by atoms with Crippen molar-refractivity contribution >= 4 is 15.9 Å². The first-order valence-corrected chi connectivity index (χ1v) is 11.1. The minimum atomic E-state index is -3.68. The fraction of sp³-hybridized carbons (Fsp3) is 0.381. The Morgan fingerprint density at radius 3 is 2.41 bits per heavy atom. The van der Waals surface area contributed by atoms with Gasteiger partial charge in [-0.15, -0.1) is 0 Å². The number of rotatable bonds is 6. The van der Waals surface area contributed by atoms with Crippen molar-refractivity contribution in [2.24, 2.45) is 0 Å². The fourth-order valence-corrected chi connectivity index (χ4v) is 4.87. The maximum Gasteiger partial charge on any atom is 0.243 e. The van der Waals surface area contributed by atoms with Gasteiger partial charge in [0.2, 0.25) is 15.9 Å². The van der Waals surface area contributed by atoms with E-state index in [1.165, 1.54) is 16.4 Å². The Morgan fingerprint density at radius 1 is 1.03 bits per heavy atom. The number of carbonyl (C=O) groups is 1. The van der Waals surface area contributed by atoms with E-state index in [4.69, 9.17) is 0 Å². The normalized spacial score (nSPS) is 17.4. The Kier molecular flexibility index (Phi) is 7.00. The van der Waals surface area contributed by atoms with E-state index in [1.807, 2.05) is 42.2 Å². The molecule has 2 aromatic carbocycles. The van der Waals surface area contributed by atoms with Gasteiger partial charge < -0.3 is 5.32 Å². The molecule has 0 radical (unpaired) electrons. The van der Waals surface area contributed by atoms with Crippen molar-refractivity contribution in [1.82, 2.24) is 14.5 Å². The van der Waals surface area contributed by atoms with Gasteiger partial charge in [0, 0.05) is 32.7 Å². The molecule has 1 atom stereocenters. The summed E-state index contributed by atoms with van der Waals surface area (Å²) in [6.45, 7) is 4.05. The molecule has 8 heteroatoms. The molecule has 6 nitrogen and oxygen atoms in total. The van der Waals surface area contributed by atoms with E-state index < -0.39 is 15.8 Å². The van der Waals surface area contributed by atoms with Crippen LogP contribution in [0.3, 0.4) is 0 Å². The van der Waals surface area contributed by atoms with E-state index in [-0.39, 0.29) is 23.4 Å². The molecule has 1 N–H and O–H groups in total. The minimum Gasteiger partial charge on any atom is -0.351 e. The summed E-state index contributed by atoms with van der Waals surface area (Å²) >= 11 is 0. The number of hydrogen-bond acceptors (Lipinski definition) is 4. The zero-order valence-electron chi connectivity index (χ0n) is 16.4. The number of nitrogens with zero attached hydrogens (tertiary/aromatic N) is 2. The van der Waals surface area contributed by atoms with Gasteiger partial charge in [-0.25, -0.2) is 12.8 Å². The number of halogens is 1. The van der Waals surface area contributed by atoms with Gasteiger partial charge in [0.1, 0.15) is 5.82 Å². The second-order valence-corrected chi connectivity index (χ2v) is 9.06. The molecule has 0 aromatic heterocycles. The third kappa shape index (κ3) is 5.41. The highest BCUT2D eigenvalue weighted by Gasteiger charge is 2.29. The molecule has 1 aliphatic rings. The van der Waals surface area contributed by atoms with E-state index >= 15 is 0 Å². The van der Waals surface area contributed by atoms with Gasteiger partial charge in [-0.1, -0.05) is 30.3 Å². The molecule has 29 heavy (non-hydrogen) atoms. The molecule has 2 aromatic rings. The van der Waals surface area contributed by atoms with Crippen molar-refractivity contribution in [2.45, 2.75) is 30.8 Å². The van der Waals surface area contributed by atoms with E-state index in [0.29, 0.717) is 32.6 Å². The molecular weight excluding hydrogens is 393 g/mol. The first-order chi connectivity index (χ1) is 13.9. The molecular formula is C21H26FN3O3S. The third-order valence-electron chi connectivity index (χ3n) is 5.18. The lowest BCUT2D eigenvalue weighted by molar-refractivity contribution is -0.126. The highest BCUT2D eigenvalue weighted by Crippen LogP contribution is 2.19. The summed E-state index contributed by atoms with van der Waals surface area (Å²) < 4.78 is 40.2. The lowest BCUT2D eigenvalue weighted by atomic mass is 10.2. The van der Waals surface area contributed by atoms with Crippen molar-refractivity contribution in [1.29, 1.82) is 0 Å². The molecule has 0 spiro atoms. The van der Waals surface area contributed by atoms with Crippen molar-refractivity contribution < 1.29 is 17.6 Å². The molecule has 3 rings (SSSR count). The van der Waals surface area contributed by atoms with Crippen LogP contribution in [0.15, 0.2) is 59.5 Å². The molecule has 156 valence electrons. The van der Waals surface area contributed by atoms with Crippen LogP contribution in [-0.4, -0.2) is 55.8 Å². The van der Waals surface area contributed by atoms with Crippen LogP contribution in [0.1, 0.15) is 18.9 Å². The maximum absolute atomic E-state index is 13.1. The van der Waals surface area contributed by atoms with E-state index in [9.17, 15) is 17.6 Å². The Morgan fingerprint density at radius 2 is 1.72 bits per heavy atom. The third-order valence-corrected chi connectivity index (χ3v) is 7.09. The standard InChI is InChI=1S/C21H26FN3O3S/c1-17(21(26)23-16-18-6-3-2-4-7-18)24-12-5-13-25(15-14-24)29(27,28)20-10-8-19(22)9-11-20/h2-4,6-11,17H,5,12-16H2,1H3,(H,23,26)/t17-/m0/s1. The topological polar surface area (TPSA) is 69.7 Å². The van der Waals surface area contributed by atoms with Crippen molar-refractivity contribution in [2.75, 3.05) is 26.2 Å². The predicted molar refractivity (Wildman–Crippen MR) is 109 cm³/mol. The molecule has 1 saturated heterocycles. The van der Waals surface area contributed by atoms with Gasteiger partial charge in [0.25, 0.3) is 0 Å². The van der Waals surface area contributed by atoms with Crippen LogP contribution in [0.5, 0.6) is 0 Å². The maximum atomic E-state index is 13.1. The summed E-state index contributed by atoms with van der Waals surface area (Å²) in [5.74, 6) is -0.551. The van der Waals surface area contributed by atoms with Crippen LogP contribution < -0.4 is 5.32 Å². The van der Waals surface area contributed by atoms with Crippen LogP contribution in [-0.2, 0) is 21.4 Å². The summed E-state index contributed by atoms with van der Waals surface area (Å²) in [6.07, 6.45) is 0.622. The van der Waals surface area contributed by atoms with Gasteiger partial charge in [-0.3, -0.25) is 9.69 Å². The monoisotopic (exact) mass is 419 g/mol. The van der Waals surface area contributed by atoms with Crippen molar-refractivity contribution in [3.05, 3.63) is 66.0 Å². The first-order valence-electron chi connectivity index (χ1n) is 9.69. The Balaban J connectivity index is 1.58. The molecule has 1 aliphatic heterocycles. The van der Waals surface area contributed by atoms with Crippen LogP contribution >= 0.6 is 0 Å². The molecule has 1 heterocycles.